The van der Waals surface area contributed by atoms with Crippen LogP contribution >= 0.6 is 0 Å². The van der Waals surface area contributed by atoms with Crippen LogP contribution in [0.4, 0.5) is 0 Å². The lowest BCUT2D eigenvalue weighted by molar-refractivity contribution is -0.133. The maximum atomic E-state index is 12.0. The van der Waals surface area contributed by atoms with Crippen molar-refractivity contribution in [2.24, 2.45) is 0 Å². The number of hydrogen-bond acceptors (Lipinski definition) is 2. The van der Waals surface area contributed by atoms with Crippen molar-refractivity contribution in [2.45, 2.75) is 51.0 Å². The SMILES string of the molecule is CN(CC(=O)N1CCCCC1)C1CCCC1. The zero-order valence-electron chi connectivity index (χ0n) is 10.5. The fourth-order valence-electron chi connectivity index (χ4n) is 2.93. The first-order chi connectivity index (χ1) is 7.77. The van der Waals surface area contributed by atoms with E-state index >= 15 is 0 Å². The molecule has 1 saturated heterocycles. The standard InChI is InChI=1S/C13H24N2O/c1-14(12-7-3-4-8-12)11-13(16)15-9-5-2-6-10-15/h12H,2-11H2,1H3. The number of carbonyl (C=O) groups excluding carboxylic acids is 1. The summed E-state index contributed by atoms with van der Waals surface area (Å²) in [6.07, 6.45) is 8.92. The van der Waals surface area contributed by atoms with Crippen LogP contribution in [0.15, 0.2) is 0 Å². The minimum Gasteiger partial charge on any atom is -0.342 e. The first-order valence-corrected chi connectivity index (χ1v) is 6.75. The highest BCUT2D eigenvalue weighted by Crippen LogP contribution is 2.22. The van der Waals surface area contributed by atoms with E-state index in [1.807, 2.05) is 0 Å². The maximum Gasteiger partial charge on any atom is 0.236 e. The Bertz CT molecular complexity index is 230. The second-order valence-electron chi connectivity index (χ2n) is 5.29. The van der Waals surface area contributed by atoms with Gasteiger partial charge in [-0.1, -0.05) is 12.8 Å². The van der Waals surface area contributed by atoms with Crippen molar-refractivity contribution in [3.8, 4) is 0 Å². The molecule has 92 valence electrons. The van der Waals surface area contributed by atoms with Gasteiger partial charge in [0.2, 0.25) is 5.91 Å². The zero-order valence-corrected chi connectivity index (χ0v) is 10.5. The van der Waals surface area contributed by atoms with Gasteiger partial charge in [-0.05, 0) is 39.2 Å². The van der Waals surface area contributed by atoms with Crippen LogP contribution in [0.5, 0.6) is 0 Å². The normalized spacial score (nSPS) is 23.0. The highest BCUT2D eigenvalue weighted by Gasteiger charge is 2.23. The van der Waals surface area contributed by atoms with E-state index < -0.39 is 0 Å². The Morgan fingerprint density at radius 2 is 1.75 bits per heavy atom. The summed E-state index contributed by atoms with van der Waals surface area (Å²) in [4.78, 5) is 16.4. The molecule has 0 N–H and O–H groups in total. The van der Waals surface area contributed by atoms with Gasteiger partial charge >= 0.3 is 0 Å². The third-order valence-corrected chi connectivity index (χ3v) is 4.04. The van der Waals surface area contributed by atoms with E-state index in [1.54, 1.807) is 0 Å². The van der Waals surface area contributed by atoms with E-state index in [4.69, 9.17) is 0 Å². The fourth-order valence-corrected chi connectivity index (χ4v) is 2.93. The van der Waals surface area contributed by atoms with Crippen molar-refractivity contribution in [2.75, 3.05) is 26.7 Å². The Morgan fingerprint density at radius 1 is 1.12 bits per heavy atom. The zero-order chi connectivity index (χ0) is 11.4. The molecule has 0 atom stereocenters. The number of amides is 1. The number of likely N-dealkylation sites (tertiary alicyclic amines) is 1. The van der Waals surface area contributed by atoms with Crippen molar-refractivity contribution >= 4 is 5.91 Å². The van der Waals surface area contributed by atoms with E-state index in [0.717, 1.165) is 13.1 Å². The maximum absolute atomic E-state index is 12.0. The van der Waals surface area contributed by atoms with E-state index in [0.29, 0.717) is 18.5 Å². The number of carbonyl (C=O) groups is 1. The van der Waals surface area contributed by atoms with Crippen LogP contribution in [-0.2, 0) is 4.79 Å². The van der Waals surface area contributed by atoms with E-state index in [1.165, 1.54) is 44.9 Å². The molecule has 1 aliphatic carbocycles. The predicted molar refractivity (Wildman–Crippen MR) is 65.3 cm³/mol. The molecule has 2 fully saturated rings. The molecule has 16 heavy (non-hydrogen) atoms. The summed E-state index contributed by atoms with van der Waals surface area (Å²) in [5.41, 5.74) is 0. The van der Waals surface area contributed by atoms with Gasteiger partial charge in [0, 0.05) is 19.1 Å². The Balaban J connectivity index is 1.76. The molecule has 0 aromatic carbocycles. The first-order valence-electron chi connectivity index (χ1n) is 6.75. The molecule has 1 amide bonds. The molecule has 0 bridgehead atoms. The summed E-state index contributed by atoms with van der Waals surface area (Å²) in [5, 5.41) is 0. The molecule has 1 saturated carbocycles. The van der Waals surface area contributed by atoms with Crippen LogP contribution in [-0.4, -0.2) is 48.4 Å². The third kappa shape index (κ3) is 2.97. The van der Waals surface area contributed by atoms with Crippen molar-refractivity contribution in [1.29, 1.82) is 0 Å². The minimum atomic E-state index is 0.342. The van der Waals surface area contributed by atoms with Gasteiger partial charge in [-0.25, -0.2) is 0 Å². The van der Waals surface area contributed by atoms with Gasteiger partial charge in [-0.2, -0.15) is 0 Å². The number of likely N-dealkylation sites (N-methyl/N-ethyl adjacent to an activating group) is 1. The summed E-state index contributed by atoms with van der Waals surface area (Å²) in [6.45, 7) is 2.60. The topological polar surface area (TPSA) is 23.6 Å². The van der Waals surface area contributed by atoms with Crippen LogP contribution in [0.2, 0.25) is 0 Å². The Hall–Kier alpha value is -0.570. The molecule has 0 aromatic rings. The lowest BCUT2D eigenvalue weighted by Gasteiger charge is -2.30. The quantitative estimate of drug-likeness (QED) is 0.730. The second kappa shape index (κ2) is 5.67. The number of nitrogens with zero attached hydrogens (tertiary/aromatic N) is 2. The Morgan fingerprint density at radius 3 is 2.38 bits per heavy atom. The molecule has 3 nitrogen and oxygen atoms in total. The Labute approximate surface area is 98.8 Å². The van der Waals surface area contributed by atoms with Gasteiger partial charge in [0.25, 0.3) is 0 Å². The predicted octanol–water partition coefficient (Wildman–Crippen LogP) is 1.87. The van der Waals surface area contributed by atoms with Crippen molar-refractivity contribution in [3.63, 3.8) is 0 Å². The molecule has 0 unspecified atom stereocenters. The van der Waals surface area contributed by atoms with Crippen molar-refractivity contribution in [1.82, 2.24) is 9.80 Å². The average Bonchev–Trinajstić information content (AvgIpc) is 2.83. The van der Waals surface area contributed by atoms with Crippen LogP contribution in [0.25, 0.3) is 0 Å². The average molecular weight is 224 g/mol. The van der Waals surface area contributed by atoms with Gasteiger partial charge in [0.05, 0.1) is 6.54 Å². The molecule has 1 heterocycles. The van der Waals surface area contributed by atoms with Crippen LogP contribution in [0.1, 0.15) is 44.9 Å². The molecular weight excluding hydrogens is 200 g/mol. The van der Waals surface area contributed by atoms with Gasteiger partial charge in [0.15, 0.2) is 0 Å². The van der Waals surface area contributed by atoms with E-state index in [-0.39, 0.29) is 0 Å². The molecule has 0 spiro atoms. The number of hydrogen-bond donors (Lipinski definition) is 0. The van der Waals surface area contributed by atoms with E-state index in [2.05, 4.69) is 16.8 Å². The van der Waals surface area contributed by atoms with Crippen LogP contribution in [0.3, 0.4) is 0 Å². The Kier molecular flexibility index (Phi) is 4.22. The minimum absolute atomic E-state index is 0.342. The molecule has 0 radical (unpaired) electrons. The molecule has 2 rings (SSSR count). The number of rotatable bonds is 3. The lowest BCUT2D eigenvalue weighted by Crippen LogP contribution is -2.43. The molecule has 1 aliphatic heterocycles. The highest BCUT2D eigenvalue weighted by atomic mass is 16.2. The largest absolute Gasteiger partial charge is 0.342 e. The number of piperidine rings is 1. The van der Waals surface area contributed by atoms with Crippen LogP contribution in [0, 0.1) is 0 Å². The monoisotopic (exact) mass is 224 g/mol. The van der Waals surface area contributed by atoms with E-state index in [9.17, 15) is 4.79 Å². The highest BCUT2D eigenvalue weighted by molar-refractivity contribution is 5.78. The van der Waals surface area contributed by atoms with Crippen molar-refractivity contribution < 1.29 is 4.79 Å². The summed E-state index contributed by atoms with van der Waals surface area (Å²) in [7, 11) is 2.11. The third-order valence-electron chi connectivity index (χ3n) is 4.04. The molecule has 2 aliphatic rings. The molecule has 3 heteroatoms. The van der Waals surface area contributed by atoms with Gasteiger partial charge in [-0.15, -0.1) is 0 Å². The smallest absolute Gasteiger partial charge is 0.236 e. The van der Waals surface area contributed by atoms with Gasteiger partial charge in [0.1, 0.15) is 0 Å². The van der Waals surface area contributed by atoms with Gasteiger partial charge < -0.3 is 4.90 Å². The van der Waals surface area contributed by atoms with Gasteiger partial charge in [-0.3, -0.25) is 9.69 Å². The summed E-state index contributed by atoms with van der Waals surface area (Å²) in [6, 6.07) is 0.661. The summed E-state index contributed by atoms with van der Waals surface area (Å²) >= 11 is 0. The summed E-state index contributed by atoms with van der Waals surface area (Å²) in [5.74, 6) is 0.342. The molecule has 0 aromatic heterocycles. The van der Waals surface area contributed by atoms with Crippen LogP contribution < -0.4 is 0 Å². The first kappa shape index (κ1) is 11.9. The van der Waals surface area contributed by atoms with Crippen molar-refractivity contribution in [3.05, 3.63) is 0 Å². The summed E-state index contributed by atoms with van der Waals surface area (Å²) < 4.78 is 0. The second-order valence-corrected chi connectivity index (χ2v) is 5.29. The molecular formula is C13H24N2O. The lowest BCUT2D eigenvalue weighted by atomic mass is 10.1. The fraction of sp³-hybridized carbons (Fsp3) is 0.923.